The maximum absolute atomic E-state index is 12.1. The highest BCUT2D eigenvalue weighted by molar-refractivity contribution is 5.78. The molecule has 2 N–H and O–H groups in total. The number of hydrogen-bond acceptors (Lipinski definition) is 4. The number of aryl methyl sites for hydroxylation is 2. The second-order valence-corrected chi connectivity index (χ2v) is 7.12. The van der Waals surface area contributed by atoms with Gasteiger partial charge in [-0.25, -0.2) is 0 Å². The van der Waals surface area contributed by atoms with Gasteiger partial charge in [0.25, 0.3) is 5.91 Å². The lowest BCUT2D eigenvalue weighted by molar-refractivity contribution is -0.145. The first-order chi connectivity index (χ1) is 12.6. The van der Waals surface area contributed by atoms with Crippen LogP contribution in [0, 0.1) is 11.8 Å². The first-order valence-electron chi connectivity index (χ1n) is 9.45. The smallest absolute Gasteiger partial charge is 0.308 e. The molecule has 1 aliphatic heterocycles. The molecule has 1 heterocycles. The normalized spacial score (nSPS) is 18.6. The fourth-order valence-corrected chi connectivity index (χ4v) is 3.80. The highest BCUT2D eigenvalue weighted by atomic mass is 16.5. The van der Waals surface area contributed by atoms with E-state index in [1.54, 1.807) is 0 Å². The third kappa shape index (κ3) is 4.97. The number of ether oxygens (including phenoxy) is 2. The van der Waals surface area contributed by atoms with Crippen LogP contribution in [-0.2, 0) is 27.2 Å². The number of carboxylic acid groups (broad SMARTS) is 1. The van der Waals surface area contributed by atoms with E-state index in [9.17, 15) is 14.7 Å². The number of carbonyl (C=O) groups is 2. The third-order valence-electron chi connectivity index (χ3n) is 5.36. The number of hydrogen-bond donors (Lipinski definition) is 2. The molecule has 1 amide bonds. The molecule has 0 aromatic heterocycles. The first-order valence-corrected chi connectivity index (χ1v) is 9.45. The fourth-order valence-electron chi connectivity index (χ4n) is 3.80. The summed E-state index contributed by atoms with van der Waals surface area (Å²) in [5.41, 5.74) is 2.67. The fraction of sp³-hybridized carbons (Fsp3) is 0.600. The molecule has 0 spiro atoms. The Kier molecular flexibility index (Phi) is 6.50. The lowest BCUT2D eigenvalue weighted by atomic mass is 9.86. The van der Waals surface area contributed by atoms with Crippen LogP contribution in [-0.4, -0.2) is 43.3 Å². The van der Waals surface area contributed by atoms with Crippen LogP contribution in [0.5, 0.6) is 5.75 Å². The second-order valence-electron chi connectivity index (χ2n) is 7.12. The number of aliphatic carboxylic acids is 1. The van der Waals surface area contributed by atoms with Gasteiger partial charge in [-0.05, 0) is 67.7 Å². The number of carboxylic acids is 1. The van der Waals surface area contributed by atoms with Gasteiger partial charge in [-0.3, -0.25) is 9.59 Å². The minimum Gasteiger partial charge on any atom is -0.484 e. The van der Waals surface area contributed by atoms with Crippen LogP contribution in [0.15, 0.2) is 18.2 Å². The van der Waals surface area contributed by atoms with Crippen LogP contribution in [0.4, 0.5) is 0 Å². The van der Waals surface area contributed by atoms with E-state index in [1.807, 2.05) is 12.1 Å². The molecule has 0 bridgehead atoms. The summed E-state index contributed by atoms with van der Waals surface area (Å²) in [6.45, 7) is 1.21. The Morgan fingerprint density at radius 2 is 1.92 bits per heavy atom. The SMILES string of the molecule is O=C(COc1ccc2c(c1)CCCC2)NCC(C(=O)O)C1CCOCC1. The minimum absolute atomic E-state index is 0.0446. The van der Waals surface area contributed by atoms with E-state index in [0.29, 0.717) is 19.0 Å². The van der Waals surface area contributed by atoms with Crippen molar-refractivity contribution in [2.75, 3.05) is 26.4 Å². The van der Waals surface area contributed by atoms with Gasteiger partial charge in [-0.2, -0.15) is 0 Å². The van der Waals surface area contributed by atoms with Crippen LogP contribution < -0.4 is 10.1 Å². The summed E-state index contributed by atoms with van der Waals surface area (Å²) in [7, 11) is 0. The first kappa shape index (κ1) is 18.7. The summed E-state index contributed by atoms with van der Waals surface area (Å²) >= 11 is 0. The number of benzene rings is 1. The molecule has 2 aliphatic rings. The molecule has 6 heteroatoms. The van der Waals surface area contributed by atoms with Gasteiger partial charge < -0.3 is 19.9 Å². The molecule has 1 aromatic rings. The predicted octanol–water partition coefficient (Wildman–Crippen LogP) is 2.19. The van der Waals surface area contributed by atoms with E-state index in [4.69, 9.17) is 9.47 Å². The van der Waals surface area contributed by atoms with Crippen molar-refractivity contribution in [3.63, 3.8) is 0 Å². The standard InChI is InChI=1S/C20H27NO5/c22-19(21-12-18(20(23)24)15-7-9-25-10-8-15)13-26-17-6-5-14-3-1-2-4-16(14)11-17/h5-6,11,15,18H,1-4,7-10,12-13H2,(H,21,22)(H,23,24). The number of nitrogens with one attached hydrogen (secondary N) is 1. The van der Waals surface area contributed by atoms with E-state index < -0.39 is 11.9 Å². The topological polar surface area (TPSA) is 84.9 Å². The van der Waals surface area contributed by atoms with Gasteiger partial charge in [0.1, 0.15) is 5.75 Å². The minimum atomic E-state index is -0.868. The van der Waals surface area contributed by atoms with Crippen LogP contribution >= 0.6 is 0 Å². The van der Waals surface area contributed by atoms with Gasteiger partial charge in [-0.15, -0.1) is 0 Å². The molecule has 1 aliphatic carbocycles. The van der Waals surface area contributed by atoms with Crippen LogP contribution in [0.25, 0.3) is 0 Å². The van der Waals surface area contributed by atoms with Gasteiger partial charge in [0, 0.05) is 19.8 Å². The Morgan fingerprint density at radius 3 is 2.65 bits per heavy atom. The maximum atomic E-state index is 12.1. The summed E-state index contributed by atoms with van der Waals surface area (Å²) < 4.78 is 10.9. The predicted molar refractivity (Wildman–Crippen MR) is 96.3 cm³/mol. The highest BCUT2D eigenvalue weighted by Gasteiger charge is 2.30. The molecule has 6 nitrogen and oxygen atoms in total. The van der Waals surface area contributed by atoms with E-state index in [0.717, 1.165) is 25.7 Å². The third-order valence-corrected chi connectivity index (χ3v) is 5.36. The van der Waals surface area contributed by atoms with Crippen molar-refractivity contribution in [3.05, 3.63) is 29.3 Å². The molecule has 0 radical (unpaired) electrons. The average Bonchev–Trinajstić information content (AvgIpc) is 2.67. The Labute approximate surface area is 153 Å². The van der Waals surface area contributed by atoms with Crippen molar-refractivity contribution in [2.45, 2.75) is 38.5 Å². The van der Waals surface area contributed by atoms with Crippen molar-refractivity contribution >= 4 is 11.9 Å². The highest BCUT2D eigenvalue weighted by Crippen LogP contribution is 2.25. The van der Waals surface area contributed by atoms with E-state index >= 15 is 0 Å². The van der Waals surface area contributed by atoms with Crippen molar-refractivity contribution < 1.29 is 24.2 Å². The summed E-state index contributed by atoms with van der Waals surface area (Å²) in [6.07, 6.45) is 6.03. The zero-order valence-electron chi connectivity index (χ0n) is 15.0. The largest absolute Gasteiger partial charge is 0.484 e. The molecule has 1 fully saturated rings. The van der Waals surface area contributed by atoms with Crippen molar-refractivity contribution in [2.24, 2.45) is 11.8 Å². The molecule has 3 rings (SSSR count). The number of amides is 1. The lowest BCUT2D eigenvalue weighted by Gasteiger charge is -2.27. The summed E-state index contributed by atoms with van der Waals surface area (Å²) in [6, 6.07) is 6.00. The van der Waals surface area contributed by atoms with Gasteiger partial charge in [0.15, 0.2) is 6.61 Å². The molecule has 1 aromatic carbocycles. The Balaban J connectivity index is 1.46. The molecule has 1 unspecified atom stereocenters. The van der Waals surface area contributed by atoms with Gasteiger partial charge >= 0.3 is 5.97 Å². The Hall–Kier alpha value is -2.08. The maximum Gasteiger partial charge on any atom is 0.308 e. The van der Waals surface area contributed by atoms with Crippen molar-refractivity contribution in [1.29, 1.82) is 0 Å². The van der Waals surface area contributed by atoms with E-state index in [2.05, 4.69) is 11.4 Å². The summed E-state index contributed by atoms with van der Waals surface area (Å²) in [5.74, 6) is -0.997. The molecule has 0 saturated carbocycles. The van der Waals surface area contributed by atoms with Crippen LogP contribution in [0.2, 0.25) is 0 Å². The molecule has 1 atom stereocenters. The van der Waals surface area contributed by atoms with Crippen LogP contribution in [0.1, 0.15) is 36.8 Å². The second kappa shape index (κ2) is 9.03. The zero-order chi connectivity index (χ0) is 18.4. The average molecular weight is 361 g/mol. The lowest BCUT2D eigenvalue weighted by Crippen LogP contribution is -2.40. The van der Waals surface area contributed by atoms with Gasteiger partial charge in [0.05, 0.1) is 5.92 Å². The van der Waals surface area contributed by atoms with E-state index in [1.165, 1.54) is 24.0 Å². The van der Waals surface area contributed by atoms with Gasteiger partial charge in [0.2, 0.25) is 0 Å². The molecular weight excluding hydrogens is 334 g/mol. The number of rotatable bonds is 7. The Bertz CT molecular complexity index is 639. The monoisotopic (exact) mass is 361 g/mol. The number of carbonyl (C=O) groups excluding carboxylic acids is 1. The molecule has 1 saturated heterocycles. The zero-order valence-corrected chi connectivity index (χ0v) is 15.0. The van der Waals surface area contributed by atoms with Crippen LogP contribution in [0.3, 0.4) is 0 Å². The van der Waals surface area contributed by atoms with Crippen molar-refractivity contribution in [1.82, 2.24) is 5.32 Å². The number of fused-ring (bicyclic) bond motifs is 1. The summed E-state index contributed by atoms with van der Waals surface area (Å²) in [5, 5.41) is 12.1. The molecular formula is C20H27NO5. The quantitative estimate of drug-likeness (QED) is 0.778. The van der Waals surface area contributed by atoms with Gasteiger partial charge in [-0.1, -0.05) is 6.07 Å². The van der Waals surface area contributed by atoms with E-state index in [-0.39, 0.29) is 25.0 Å². The van der Waals surface area contributed by atoms with Crippen molar-refractivity contribution in [3.8, 4) is 5.75 Å². The summed E-state index contributed by atoms with van der Waals surface area (Å²) in [4.78, 5) is 23.6. The molecule has 142 valence electrons. The Morgan fingerprint density at radius 1 is 1.19 bits per heavy atom. The molecule has 26 heavy (non-hydrogen) atoms.